The molecule has 0 unspecified atom stereocenters. The fourth-order valence-electron chi connectivity index (χ4n) is 3.70. The van der Waals surface area contributed by atoms with Gasteiger partial charge < -0.3 is 24.4 Å². The van der Waals surface area contributed by atoms with Crippen molar-refractivity contribution < 1.29 is 23.8 Å². The van der Waals surface area contributed by atoms with Gasteiger partial charge in [0.25, 0.3) is 0 Å². The van der Waals surface area contributed by atoms with Crippen molar-refractivity contribution >= 4 is 17.5 Å². The summed E-state index contributed by atoms with van der Waals surface area (Å²) in [5.41, 5.74) is 1.83. The van der Waals surface area contributed by atoms with Gasteiger partial charge in [0.05, 0.1) is 26.7 Å². The maximum Gasteiger partial charge on any atom is 0.227 e. The van der Waals surface area contributed by atoms with Crippen molar-refractivity contribution in [3.63, 3.8) is 0 Å². The highest BCUT2D eigenvalue weighted by Crippen LogP contribution is 2.28. The molecule has 0 spiro atoms. The molecule has 7 nitrogen and oxygen atoms in total. The summed E-state index contributed by atoms with van der Waals surface area (Å²) in [4.78, 5) is 26.8. The van der Waals surface area contributed by atoms with E-state index in [0.717, 1.165) is 29.8 Å². The van der Waals surface area contributed by atoms with E-state index >= 15 is 0 Å². The first-order valence-electron chi connectivity index (χ1n) is 11.1. The molecule has 7 heteroatoms. The molecule has 0 bridgehead atoms. The second-order valence-corrected chi connectivity index (χ2v) is 7.83. The Kier molecular flexibility index (Phi) is 8.36. The summed E-state index contributed by atoms with van der Waals surface area (Å²) in [6, 6.07) is 13.2. The lowest BCUT2D eigenvalue weighted by Crippen LogP contribution is -2.34. The number of nitrogens with one attached hydrogen (secondary N) is 1. The highest BCUT2D eigenvalue weighted by atomic mass is 16.5. The van der Waals surface area contributed by atoms with Gasteiger partial charge in [0.2, 0.25) is 11.8 Å². The lowest BCUT2D eigenvalue weighted by Gasteiger charge is -2.17. The number of rotatable bonds is 11. The van der Waals surface area contributed by atoms with E-state index in [1.165, 1.54) is 0 Å². The van der Waals surface area contributed by atoms with Gasteiger partial charge in [-0.25, -0.2) is 0 Å². The molecule has 1 fully saturated rings. The second kappa shape index (κ2) is 11.4. The van der Waals surface area contributed by atoms with Crippen molar-refractivity contribution in [3.05, 3.63) is 48.0 Å². The van der Waals surface area contributed by atoms with Crippen LogP contribution in [0.3, 0.4) is 0 Å². The number of carbonyl (C=O) groups excluding carboxylic acids is 2. The fraction of sp³-hybridized carbons (Fsp3) is 0.440. The van der Waals surface area contributed by atoms with Crippen molar-refractivity contribution in [2.45, 2.75) is 32.6 Å². The molecule has 1 heterocycles. The summed E-state index contributed by atoms with van der Waals surface area (Å²) in [6.45, 7) is 3.68. The molecule has 172 valence electrons. The molecule has 1 N–H and O–H groups in total. The number of carbonyl (C=O) groups is 2. The summed E-state index contributed by atoms with van der Waals surface area (Å²) < 4.78 is 16.2. The number of nitrogens with zero attached hydrogens (tertiary/aromatic N) is 1. The average Bonchev–Trinajstić information content (AvgIpc) is 3.21. The Labute approximate surface area is 189 Å². The number of unbranched alkanes of at least 4 members (excludes halogenated alkanes) is 1. The van der Waals surface area contributed by atoms with Gasteiger partial charge in [-0.1, -0.05) is 19.4 Å². The summed E-state index contributed by atoms with van der Waals surface area (Å²) in [7, 11) is 3.19. The van der Waals surface area contributed by atoms with Crippen molar-refractivity contribution in [2.24, 2.45) is 5.92 Å². The third-order valence-corrected chi connectivity index (χ3v) is 5.57. The van der Waals surface area contributed by atoms with Gasteiger partial charge in [-0.15, -0.1) is 0 Å². The maximum atomic E-state index is 12.6. The minimum atomic E-state index is -0.353. The standard InChI is InChI=1S/C25H32N2O5/c1-4-5-14-32-21-9-7-20(8-10-21)27-17-19(16-24(27)28)25(29)26-13-12-18-6-11-22(30-2)23(15-18)31-3/h6-11,15,19H,4-5,12-14,16-17H2,1-3H3,(H,26,29)/t19-/m1/s1. The Hall–Kier alpha value is -3.22. The maximum absolute atomic E-state index is 12.6. The summed E-state index contributed by atoms with van der Waals surface area (Å²) in [5.74, 6) is 1.64. The number of ether oxygens (including phenoxy) is 3. The monoisotopic (exact) mass is 440 g/mol. The quantitative estimate of drug-likeness (QED) is 0.541. The Bertz CT molecular complexity index is 913. The third kappa shape index (κ3) is 5.93. The lowest BCUT2D eigenvalue weighted by atomic mass is 10.1. The molecule has 1 atom stereocenters. The van der Waals surface area contributed by atoms with Gasteiger partial charge in [-0.3, -0.25) is 9.59 Å². The normalized spacial score (nSPS) is 15.5. The highest BCUT2D eigenvalue weighted by Gasteiger charge is 2.34. The molecule has 2 aromatic rings. The number of methoxy groups -OCH3 is 2. The van der Waals surface area contributed by atoms with Gasteiger partial charge in [0, 0.05) is 25.2 Å². The first kappa shape index (κ1) is 23.4. The minimum Gasteiger partial charge on any atom is -0.494 e. The van der Waals surface area contributed by atoms with E-state index in [1.807, 2.05) is 42.5 Å². The molecule has 0 aromatic heterocycles. The van der Waals surface area contributed by atoms with Crippen LogP contribution in [0.5, 0.6) is 17.2 Å². The molecule has 0 saturated carbocycles. The second-order valence-electron chi connectivity index (χ2n) is 7.83. The number of benzene rings is 2. The molecule has 32 heavy (non-hydrogen) atoms. The number of amides is 2. The predicted octanol–water partition coefficient (Wildman–Crippen LogP) is 3.59. The van der Waals surface area contributed by atoms with E-state index in [4.69, 9.17) is 14.2 Å². The van der Waals surface area contributed by atoms with Gasteiger partial charge in [0.1, 0.15) is 5.75 Å². The van der Waals surface area contributed by atoms with Crippen molar-refractivity contribution in [2.75, 3.05) is 38.8 Å². The molecule has 2 amide bonds. The molecular formula is C25H32N2O5. The van der Waals surface area contributed by atoms with E-state index in [2.05, 4.69) is 12.2 Å². The summed E-state index contributed by atoms with van der Waals surface area (Å²) in [6.07, 6.45) is 2.97. The number of hydrogen-bond donors (Lipinski definition) is 1. The van der Waals surface area contributed by atoms with Crippen LogP contribution in [0.25, 0.3) is 0 Å². The minimum absolute atomic E-state index is 0.0373. The fourth-order valence-corrected chi connectivity index (χ4v) is 3.70. The van der Waals surface area contributed by atoms with Crippen LogP contribution in [0, 0.1) is 5.92 Å². The van der Waals surface area contributed by atoms with Crippen molar-refractivity contribution in [1.82, 2.24) is 5.32 Å². The zero-order valence-corrected chi connectivity index (χ0v) is 19.1. The van der Waals surface area contributed by atoms with E-state index in [1.54, 1.807) is 19.1 Å². The smallest absolute Gasteiger partial charge is 0.227 e. The van der Waals surface area contributed by atoms with Gasteiger partial charge in [-0.2, -0.15) is 0 Å². The molecular weight excluding hydrogens is 408 g/mol. The van der Waals surface area contributed by atoms with Crippen LogP contribution in [-0.4, -0.2) is 45.7 Å². The van der Waals surface area contributed by atoms with Crippen LogP contribution >= 0.6 is 0 Å². The average molecular weight is 441 g/mol. The van der Waals surface area contributed by atoms with Crippen molar-refractivity contribution in [1.29, 1.82) is 0 Å². The summed E-state index contributed by atoms with van der Waals surface area (Å²) in [5, 5.41) is 2.96. The van der Waals surface area contributed by atoms with E-state index < -0.39 is 0 Å². The van der Waals surface area contributed by atoms with Crippen LogP contribution < -0.4 is 24.4 Å². The zero-order valence-electron chi connectivity index (χ0n) is 19.1. The first-order valence-corrected chi connectivity index (χ1v) is 11.1. The van der Waals surface area contributed by atoms with Crippen LogP contribution in [0.15, 0.2) is 42.5 Å². The van der Waals surface area contributed by atoms with Crippen LogP contribution in [0.2, 0.25) is 0 Å². The van der Waals surface area contributed by atoms with E-state index in [0.29, 0.717) is 37.6 Å². The Morgan fingerprint density at radius 2 is 1.84 bits per heavy atom. The Morgan fingerprint density at radius 1 is 1.09 bits per heavy atom. The van der Waals surface area contributed by atoms with Gasteiger partial charge in [-0.05, 0) is 54.8 Å². The predicted molar refractivity (Wildman–Crippen MR) is 124 cm³/mol. The van der Waals surface area contributed by atoms with E-state index in [-0.39, 0.29) is 24.2 Å². The molecule has 0 radical (unpaired) electrons. The summed E-state index contributed by atoms with van der Waals surface area (Å²) >= 11 is 0. The number of hydrogen-bond acceptors (Lipinski definition) is 5. The molecule has 2 aromatic carbocycles. The van der Waals surface area contributed by atoms with Gasteiger partial charge in [0.15, 0.2) is 11.5 Å². The Morgan fingerprint density at radius 3 is 2.53 bits per heavy atom. The molecule has 1 saturated heterocycles. The van der Waals surface area contributed by atoms with Gasteiger partial charge >= 0.3 is 0 Å². The zero-order chi connectivity index (χ0) is 22.9. The van der Waals surface area contributed by atoms with Crippen LogP contribution in [-0.2, 0) is 16.0 Å². The first-order chi connectivity index (χ1) is 15.5. The SMILES string of the molecule is CCCCOc1ccc(N2C[C@H](C(=O)NCCc3ccc(OC)c(OC)c3)CC2=O)cc1. The molecule has 1 aliphatic rings. The number of anilines is 1. The highest BCUT2D eigenvalue weighted by molar-refractivity contribution is 6.00. The lowest BCUT2D eigenvalue weighted by molar-refractivity contribution is -0.126. The Balaban J connectivity index is 1.49. The topological polar surface area (TPSA) is 77.1 Å². The van der Waals surface area contributed by atoms with E-state index in [9.17, 15) is 9.59 Å². The largest absolute Gasteiger partial charge is 0.494 e. The van der Waals surface area contributed by atoms with Crippen LogP contribution in [0.4, 0.5) is 5.69 Å². The molecule has 0 aliphatic carbocycles. The van der Waals surface area contributed by atoms with Crippen molar-refractivity contribution in [3.8, 4) is 17.2 Å². The molecule has 3 rings (SSSR count). The molecule has 1 aliphatic heterocycles. The van der Waals surface area contributed by atoms with Crippen LogP contribution in [0.1, 0.15) is 31.7 Å². The third-order valence-electron chi connectivity index (χ3n) is 5.57.